The summed E-state index contributed by atoms with van der Waals surface area (Å²) in [5.74, 6) is -2.31. The first kappa shape index (κ1) is 19.7. The molecule has 10 heteroatoms. The van der Waals surface area contributed by atoms with Crippen molar-refractivity contribution in [1.82, 2.24) is 25.2 Å². The Morgan fingerprint density at radius 2 is 2.14 bits per heavy atom. The zero-order chi connectivity index (χ0) is 20.8. The van der Waals surface area contributed by atoms with Crippen molar-refractivity contribution < 1.29 is 18.3 Å². The number of nitrogens with one attached hydrogen (secondary N) is 1. The molecule has 2 aromatic rings. The van der Waals surface area contributed by atoms with Crippen LogP contribution < -0.4 is 5.43 Å². The summed E-state index contributed by atoms with van der Waals surface area (Å²) in [7, 11) is 0. The van der Waals surface area contributed by atoms with Crippen LogP contribution in [-0.4, -0.2) is 37.0 Å². The Morgan fingerprint density at radius 1 is 1.34 bits per heavy atom. The Labute approximate surface area is 169 Å². The summed E-state index contributed by atoms with van der Waals surface area (Å²) >= 11 is 5.97. The molecule has 2 heterocycles. The molecule has 2 aliphatic rings. The van der Waals surface area contributed by atoms with Crippen LogP contribution in [0, 0.1) is 11.6 Å². The fourth-order valence-corrected chi connectivity index (χ4v) is 3.85. The fraction of sp³-hybridized carbons (Fsp3) is 0.263. The first-order chi connectivity index (χ1) is 13.8. The van der Waals surface area contributed by atoms with Crippen molar-refractivity contribution in [2.24, 2.45) is 0 Å². The van der Waals surface area contributed by atoms with Gasteiger partial charge in [0.15, 0.2) is 0 Å². The highest BCUT2D eigenvalue weighted by Crippen LogP contribution is 2.38. The zero-order valence-corrected chi connectivity index (χ0v) is 16.0. The highest BCUT2D eigenvalue weighted by atomic mass is 35.5. The van der Waals surface area contributed by atoms with Crippen LogP contribution in [-0.2, 0) is 12.1 Å². The van der Waals surface area contributed by atoms with Gasteiger partial charge in [-0.25, -0.2) is 23.5 Å². The van der Waals surface area contributed by atoms with Crippen molar-refractivity contribution >= 4 is 11.6 Å². The second kappa shape index (κ2) is 7.33. The summed E-state index contributed by atoms with van der Waals surface area (Å²) in [5.41, 5.74) is 0.833. The summed E-state index contributed by atoms with van der Waals surface area (Å²) in [6.07, 6.45) is 7.41. The molecule has 29 heavy (non-hydrogen) atoms. The average Bonchev–Trinajstić information content (AvgIpc) is 3.29. The monoisotopic (exact) mass is 423 g/mol. The number of nitrogens with zero attached hydrogens (tertiary/aromatic N) is 4. The van der Waals surface area contributed by atoms with Crippen LogP contribution in [0.1, 0.15) is 12.5 Å². The molecule has 0 fully saturated rings. The minimum Gasteiger partial charge on any atom is -0.381 e. The average molecular weight is 424 g/mol. The van der Waals surface area contributed by atoms with E-state index in [1.807, 2.05) is 0 Å². The van der Waals surface area contributed by atoms with E-state index in [4.69, 9.17) is 11.6 Å². The lowest BCUT2D eigenvalue weighted by atomic mass is 9.85. The Bertz CT molecular complexity index is 1020. The predicted octanol–water partition coefficient (Wildman–Crippen LogP) is 2.90. The van der Waals surface area contributed by atoms with Gasteiger partial charge in [-0.05, 0) is 25.1 Å². The van der Waals surface area contributed by atoms with Gasteiger partial charge in [-0.15, -0.1) is 0 Å². The standard InChI is InChI=1S/C19H17ClF3N5O/c1-11(28-17-5-2-12(20)6-14(17)18(23)26-28)19(29,8-27-10-24-9-25-27)15-4-3-13(21)7-16(15)22/h2-7,9-11,17,26,29H,8H2,1H3/t11-,17?,19-/m1/s1. The maximum absolute atomic E-state index is 14.7. The number of hydrazine groups is 1. The molecule has 3 atom stereocenters. The molecular formula is C19H17ClF3N5O. The van der Waals surface area contributed by atoms with E-state index in [2.05, 4.69) is 15.5 Å². The van der Waals surface area contributed by atoms with Gasteiger partial charge in [0.2, 0.25) is 5.95 Å². The molecule has 0 saturated heterocycles. The third-order valence-corrected chi connectivity index (χ3v) is 5.44. The molecule has 1 aromatic carbocycles. The molecule has 152 valence electrons. The fourth-order valence-electron chi connectivity index (χ4n) is 3.66. The summed E-state index contributed by atoms with van der Waals surface area (Å²) in [4.78, 5) is 3.84. The highest BCUT2D eigenvalue weighted by molar-refractivity contribution is 6.31. The summed E-state index contributed by atoms with van der Waals surface area (Å²) in [5, 5.41) is 17.4. The second-order valence-electron chi connectivity index (χ2n) is 6.94. The van der Waals surface area contributed by atoms with Crippen molar-refractivity contribution in [1.29, 1.82) is 0 Å². The number of benzene rings is 1. The van der Waals surface area contributed by atoms with E-state index < -0.39 is 35.3 Å². The number of hydrogen-bond acceptors (Lipinski definition) is 5. The van der Waals surface area contributed by atoms with Gasteiger partial charge in [-0.3, -0.25) is 5.43 Å². The number of hydrogen-bond donors (Lipinski definition) is 2. The van der Waals surface area contributed by atoms with Gasteiger partial charge in [0.1, 0.15) is 29.9 Å². The SMILES string of the molecule is C[C@@H](N1NC(F)=C2C=C(Cl)C=CC21)[C@](O)(Cn1cncn1)c1ccc(F)cc1F. The molecule has 1 aliphatic heterocycles. The number of rotatable bonds is 5. The summed E-state index contributed by atoms with van der Waals surface area (Å²) < 4.78 is 44.0. The lowest BCUT2D eigenvalue weighted by Crippen LogP contribution is -2.57. The topological polar surface area (TPSA) is 66.2 Å². The van der Waals surface area contributed by atoms with Crippen molar-refractivity contribution in [3.05, 3.63) is 82.8 Å². The molecule has 0 radical (unpaired) electrons. The van der Waals surface area contributed by atoms with Crippen molar-refractivity contribution in [3.63, 3.8) is 0 Å². The quantitative estimate of drug-likeness (QED) is 0.724. The first-order valence-corrected chi connectivity index (χ1v) is 9.18. The van der Waals surface area contributed by atoms with E-state index >= 15 is 0 Å². The third-order valence-electron chi connectivity index (χ3n) is 5.21. The Kier molecular flexibility index (Phi) is 4.97. The molecule has 1 aliphatic carbocycles. The molecule has 0 bridgehead atoms. The lowest BCUT2D eigenvalue weighted by molar-refractivity contribution is -0.0772. The summed E-state index contributed by atoms with van der Waals surface area (Å²) in [6, 6.07) is 1.47. The Morgan fingerprint density at radius 3 is 2.83 bits per heavy atom. The van der Waals surface area contributed by atoms with E-state index in [-0.39, 0.29) is 12.1 Å². The van der Waals surface area contributed by atoms with Crippen LogP contribution in [0.3, 0.4) is 0 Å². The molecule has 6 nitrogen and oxygen atoms in total. The predicted molar refractivity (Wildman–Crippen MR) is 99.7 cm³/mol. The maximum atomic E-state index is 14.7. The van der Waals surface area contributed by atoms with Gasteiger partial charge in [0.25, 0.3) is 0 Å². The van der Waals surface area contributed by atoms with Gasteiger partial charge < -0.3 is 5.11 Å². The maximum Gasteiger partial charge on any atom is 0.206 e. The van der Waals surface area contributed by atoms with E-state index in [0.717, 1.165) is 6.07 Å². The van der Waals surface area contributed by atoms with Gasteiger partial charge in [0.05, 0.1) is 18.6 Å². The molecular weight excluding hydrogens is 407 g/mol. The number of fused-ring (bicyclic) bond motifs is 1. The van der Waals surface area contributed by atoms with E-state index in [9.17, 15) is 18.3 Å². The van der Waals surface area contributed by atoms with E-state index in [0.29, 0.717) is 16.7 Å². The van der Waals surface area contributed by atoms with E-state index in [1.54, 1.807) is 19.1 Å². The molecule has 1 unspecified atom stereocenters. The largest absolute Gasteiger partial charge is 0.381 e. The third kappa shape index (κ3) is 3.45. The first-order valence-electron chi connectivity index (χ1n) is 8.80. The van der Waals surface area contributed by atoms with Crippen LogP contribution in [0.2, 0.25) is 0 Å². The number of aliphatic hydroxyl groups is 1. The smallest absolute Gasteiger partial charge is 0.206 e. The zero-order valence-electron chi connectivity index (χ0n) is 15.2. The van der Waals surface area contributed by atoms with Crippen LogP contribution in [0.25, 0.3) is 0 Å². The lowest BCUT2D eigenvalue weighted by Gasteiger charge is -2.41. The van der Waals surface area contributed by atoms with Crippen LogP contribution in [0.5, 0.6) is 0 Å². The van der Waals surface area contributed by atoms with Gasteiger partial charge >= 0.3 is 0 Å². The van der Waals surface area contributed by atoms with Crippen LogP contribution in [0.4, 0.5) is 13.2 Å². The van der Waals surface area contributed by atoms with Gasteiger partial charge in [-0.2, -0.15) is 9.49 Å². The van der Waals surface area contributed by atoms with E-state index in [1.165, 1.54) is 34.5 Å². The molecule has 0 amide bonds. The molecule has 4 rings (SSSR count). The van der Waals surface area contributed by atoms with Crippen LogP contribution in [0.15, 0.2) is 65.6 Å². The minimum absolute atomic E-state index is 0.147. The van der Waals surface area contributed by atoms with Crippen LogP contribution >= 0.6 is 11.6 Å². The minimum atomic E-state index is -1.91. The van der Waals surface area contributed by atoms with Crippen molar-refractivity contribution in [3.8, 4) is 0 Å². The highest BCUT2D eigenvalue weighted by Gasteiger charge is 2.47. The molecule has 0 spiro atoms. The Hall–Kier alpha value is -2.62. The number of halogens is 4. The summed E-state index contributed by atoms with van der Waals surface area (Å²) in [6.45, 7) is 1.41. The molecule has 0 saturated carbocycles. The Balaban J connectivity index is 1.75. The second-order valence-corrected chi connectivity index (χ2v) is 7.38. The van der Waals surface area contributed by atoms with Crippen molar-refractivity contribution in [2.45, 2.75) is 31.2 Å². The normalized spacial score (nSPS) is 22.1. The number of allylic oxidation sites excluding steroid dienone is 2. The van der Waals surface area contributed by atoms with Gasteiger partial charge in [-0.1, -0.05) is 23.7 Å². The number of aromatic nitrogens is 3. The molecule has 1 aromatic heterocycles. The van der Waals surface area contributed by atoms with Gasteiger partial charge in [0, 0.05) is 22.2 Å². The van der Waals surface area contributed by atoms with Crippen molar-refractivity contribution in [2.75, 3.05) is 0 Å². The molecule has 2 N–H and O–H groups in total.